The number of benzene rings is 1. The normalized spacial score (nSPS) is 12.2. The van der Waals surface area contributed by atoms with Gasteiger partial charge >= 0.3 is 0 Å². The maximum absolute atomic E-state index is 3.54. The van der Waals surface area contributed by atoms with Gasteiger partial charge in [-0.2, -0.15) is 0 Å². The molecule has 0 unspecified atom stereocenters. The highest BCUT2D eigenvalue weighted by Gasteiger charge is 2.10. The molecule has 98 valence electrons. The minimum Gasteiger partial charge on any atom is -0.358 e. The van der Waals surface area contributed by atoms with Crippen LogP contribution in [0.4, 0.5) is 0 Å². The molecule has 18 heavy (non-hydrogen) atoms. The van der Waals surface area contributed by atoms with Gasteiger partial charge in [0.1, 0.15) is 0 Å². The van der Waals surface area contributed by atoms with Crippen LogP contribution in [0.25, 0.3) is 10.9 Å². The Kier molecular flexibility index (Phi) is 3.76. The van der Waals surface area contributed by atoms with Crippen LogP contribution in [0.1, 0.15) is 32.0 Å². The van der Waals surface area contributed by atoms with Crippen LogP contribution in [0.15, 0.2) is 24.3 Å². The third-order valence-corrected chi connectivity index (χ3v) is 3.23. The van der Waals surface area contributed by atoms with Crippen molar-refractivity contribution in [3.63, 3.8) is 0 Å². The molecule has 0 radical (unpaired) electrons. The van der Waals surface area contributed by atoms with E-state index in [9.17, 15) is 0 Å². The topological polar surface area (TPSA) is 27.8 Å². The van der Waals surface area contributed by atoms with Crippen molar-refractivity contribution >= 4 is 10.9 Å². The van der Waals surface area contributed by atoms with Crippen LogP contribution >= 0.6 is 0 Å². The monoisotopic (exact) mass is 244 g/mol. The Balaban J connectivity index is 2.01. The molecular formula is C16H24N2. The number of aromatic amines is 1. The molecule has 0 aliphatic heterocycles. The molecule has 0 bridgehead atoms. The molecule has 0 saturated heterocycles. The first kappa shape index (κ1) is 13.2. The highest BCUT2D eigenvalue weighted by molar-refractivity contribution is 5.84. The lowest BCUT2D eigenvalue weighted by atomic mass is 9.97. The van der Waals surface area contributed by atoms with Crippen molar-refractivity contribution in [3.8, 4) is 0 Å². The summed E-state index contributed by atoms with van der Waals surface area (Å²) in [5, 5.41) is 4.91. The second-order valence-electron chi connectivity index (χ2n) is 6.26. The first-order valence-corrected chi connectivity index (χ1v) is 6.74. The van der Waals surface area contributed by atoms with Gasteiger partial charge in [-0.25, -0.2) is 0 Å². The Bertz CT molecular complexity index is 517. The quantitative estimate of drug-likeness (QED) is 0.789. The summed E-state index contributed by atoms with van der Waals surface area (Å²) >= 11 is 0. The molecule has 0 spiro atoms. The molecule has 1 aromatic heterocycles. The molecule has 2 heteroatoms. The fourth-order valence-corrected chi connectivity index (χ4v) is 2.33. The Labute approximate surface area is 110 Å². The van der Waals surface area contributed by atoms with Gasteiger partial charge in [0.05, 0.1) is 0 Å². The Morgan fingerprint density at radius 3 is 2.61 bits per heavy atom. The molecule has 2 rings (SSSR count). The number of fused-ring (bicyclic) bond motifs is 1. The smallest absolute Gasteiger partial charge is 0.0458 e. The van der Waals surface area contributed by atoms with Gasteiger partial charge in [-0.05, 0) is 36.9 Å². The van der Waals surface area contributed by atoms with Crippen LogP contribution in [0.2, 0.25) is 0 Å². The van der Waals surface area contributed by atoms with Gasteiger partial charge in [-0.3, -0.25) is 0 Å². The number of para-hydroxylation sites is 1. The summed E-state index contributed by atoms with van der Waals surface area (Å²) in [5.41, 5.74) is 4.36. The first-order valence-electron chi connectivity index (χ1n) is 6.74. The molecule has 0 amide bonds. The average molecular weight is 244 g/mol. The molecule has 1 aromatic carbocycles. The summed E-state index contributed by atoms with van der Waals surface area (Å²) in [6.07, 6.45) is 1.09. The third kappa shape index (κ3) is 3.14. The molecule has 0 saturated carbocycles. The van der Waals surface area contributed by atoms with Gasteiger partial charge in [0, 0.05) is 23.1 Å². The molecule has 0 aliphatic carbocycles. The molecule has 2 N–H and O–H groups in total. The number of hydrogen-bond acceptors (Lipinski definition) is 1. The standard InChI is InChI=1S/C16H24N2/c1-12-13(9-10-17-11-16(2,3)4)14-7-5-6-8-15(14)18-12/h5-8,17-18H,9-11H2,1-4H3. The lowest BCUT2D eigenvalue weighted by Crippen LogP contribution is -2.28. The van der Waals surface area contributed by atoms with Crippen LogP contribution in [-0.4, -0.2) is 18.1 Å². The molecule has 0 atom stereocenters. The zero-order chi connectivity index (χ0) is 13.2. The highest BCUT2D eigenvalue weighted by atomic mass is 14.9. The molecule has 1 heterocycles. The number of nitrogens with one attached hydrogen (secondary N) is 2. The van der Waals surface area contributed by atoms with Gasteiger partial charge in [0.2, 0.25) is 0 Å². The molecule has 2 aromatic rings. The van der Waals surface area contributed by atoms with Crippen molar-refractivity contribution in [2.45, 2.75) is 34.1 Å². The summed E-state index contributed by atoms with van der Waals surface area (Å²) in [6, 6.07) is 8.55. The molecule has 0 aliphatic rings. The first-order chi connectivity index (χ1) is 8.47. The lowest BCUT2D eigenvalue weighted by Gasteiger charge is -2.18. The summed E-state index contributed by atoms with van der Waals surface area (Å²) in [5.74, 6) is 0. The average Bonchev–Trinajstić information content (AvgIpc) is 2.59. The Hall–Kier alpha value is -1.28. The van der Waals surface area contributed by atoms with E-state index in [4.69, 9.17) is 0 Å². The summed E-state index contributed by atoms with van der Waals surface area (Å²) in [6.45, 7) is 11.1. The van der Waals surface area contributed by atoms with E-state index in [1.54, 1.807) is 0 Å². The van der Waals surface area contributed by atoms with Gasteiger partial charge < -0.3 is 10.3 Å². The van der Waals surface area contributed by atoms with Crippen LogP contribution in [0.5, 0.6) is 0 Å². The number of H-pyrrole nitrogens is 1. The fraction of sp³-hybridized carbons (Fsp3) is 0.500. The van der Waals surface area contributed by atoms with Crippen molar-refractivity contribution in [2.24, 2.45) is 5.41 Å². The minimum absolute atomic E-state index is 0.356. The maximum Gasteiger partial charge on any atom is 0.0458 e. The summed E-state index contributed by atoms with van der Waals surface area (Å²) in [7, 11) is 0. The van der Waals surface area contributed by atoms with Crippen LogP contribution in [-0.2, 0) is 6.42 Å². The van der Waals surface area contributed by atoms with E-state index in [2.05, 4.69) is 62.3 Å². The van der Waals surface area contributed by atoms with Crippen molar-refractivity contribution in [1.29, 1.82) is 0 Å². The van der Waals surface area contributed by atoms with E-state index in [0.717, 1.165) is 19.5 Å². The number of rotatable bonds is 4. The summed E-state index contributed by atoms with van der Waals surface area (Å²) in [4.78, 5) is 3.46. The third-order valence-electron chi connectivity index (χ3n) is 3.23. The molecule has 2 nitrogen and oxygen atoms in total. The van der Waals surface area contributed by atoms with Crippen molar-refractivity contribution in [2.75, 3.05) is 13.1 Å². The van der Waals surface area contributed by atoms with Crippen molar-refractivity contribution in [3.05, 3.63) is 35.5 Å². The maximum atomic E-state index is 3.54. The Morgan fingerprint density at radius 1 is 1.17 bits per heavy atom. The number of aryl methyl sites for hydroxylation is 1. The number of aromatic nitrogens is 1. The van der Waals surface area contributed by atoms with Crippen LogP contribution < -0.4 is 5.32 Å². The molecular weight excluding hydrogens is 220 g/mol. The second kappa shape index (κ2) is 5.15. The minimum atomic E-state index is 0.356. The van der Waals surface area contributed by atoms with Crippen LogP contribution in [0.3, 0.4) is 0 Å². The predicted molar refractivity (Wildman–Crippen MR) is 79.1 cm³/mol. The lowest BCUT2D eigenvalue weighted by molar-refractivity contribution is 0.382. The van der Waals surface area contributed by atoms with Crippen molar-refractivity contribution in [1.82, 2.24) is 10.3 Å². The van der Waals surface area contributed by atoms with E-state index in [1.165, 1.54) is 22.2 Å². The fourth-order valence-electron chi connectivity index (χ4n) is 2.33. The van der Waals surface area contributed by atoms with Gasteiger partial charge in [0.25, 0.3) is 0 Å². The van der Waals surface area contributed by atoms with E-state index in [-0.39, 0.29) is 0 Å². The predicted octanol–water partition coefficient (Wildman–Crippen LogP) is 3.65. The SMILES string of the molecule is Cc1[nH]c2ccccc2c1CCNCC(C)(C)C. The zero-order valence-electron chi connectivity index (χ0n) is 11.9. The number of hydrogen-bond donors (Lipinski definition) is 2. The van der Waals surface area contributed by atoms with E-state index in [0.29, 0.717) is 5.41 Å². The second-order valence-corrected chi connectivity index (χ2v) is 6.26. The van der Waals surface area contributed by atoms with Crippen LogP contribution in [0, 0.1) is 12.3 Å². The van der Waals surface area contributed by atoms with Crippen molar-refractivity contribution < 1.29 is 0 Å². The van der Waals surface area contributed by atoms with Gasteiger partial charge in [-0.1, -0.05) is 39.0 Å². The Morgan fingerprint density at radius 2 is 1.89 bits per heavy atom. The van der Waals surface area contributed by atoms with E-state index < -0.39 is 0 Å². The van der Waals surface area contributed by atoms with E-state index >= 15 is 0 Å². The van der Waals surface area contributed by atoms with Gasteiger partial charge in [0.15, 0.2) is 0 Å². The zero-order valence-corrected chi connectivity index (χ0v) is 11.9. The van der Waals surface area contributed by atoms with Gasteiger partial charge in [-0.15, -0.1) is 0 Å². The molecule has 0 fully saturated rings. The largest absolute Gasteiger partial charge is 0.358 e. The van der Waals surface area contributed by atoms with E-state index in [1.807, 2.05) is 0 Å². The summed E-state index contributed by atoms with van der Waals surface area (Å²) < 4.78 is 0. The highest BCUT2D eigenvalue weighted by Crippen LogP contribution is 2.22.